The number of benzene rings is 3. The van der Waals surface area contributed by atoms with E-state index >= 15 is 4.39 Å². The van der Waals surface area contributed by atoms with Gasteiger partial charge in [0.15, 0.2) is 17.3 Å². The zero-order valence-electron chi connectivity index (χ0n) is 30.2. The average molecular weight is 809 g/mol. The van der Waals surface area contributed by atoms with Gasteiger partial charge < -0.3 is 19.7 Å². The zero-order chi connectivity index (χ0) is 39.2. The number of ether oxygens (including phenoxy) is 2. The Morgan fingerprint density at radius 2 is 1.62 bits per heavy atom. The number of aromatic nitrogens is 2. The number of imide groups is 2. The molecule has 0 spiro atoms. The lowest BCUT2D eigenvalue weighted by Crippen LogP contribution is -2.54. The molecule has 2 N–H and O–H groups in total. The summed E-state index contributed by atoms with van der Waals surface area (Å²) in [6.45, 7) is 3.35. The monoisotopic (exact) mass is 807 g/mol. The molecule has 13 nitrogen and oxygen atoms in total. The summed E-state index contributed by atoms with van der Waals surface area (Å²) in [6.07, 6.45) is 4.93. The van der Waals surface area contributed by atoms with Gasteiger partial charge >= 0.3 is 0 Å². The second-order valence-electron chi connectivity index (χ2n) is 14.4. The molecule has 3 fully saturated rings. The van der Waals surface area contributed by atoms with Crippen LogP contribution in [-0.4, -0.2) is 95.4 Å². The third-order valence-corrected chi connectivity index (χ3v) is 11.8. The highest BCUT2D eigenvalue weighted by Gasteiger charge is 2.45. The molecular formula is C39H37Cl2F2N7O6. The second kappa shape index (κ2) is 15.4. The number of carbonyl (C=O) groups excluding carboxylic acids is 4. The van der Waals surface area contributed by atoms with E-state index < -0.39 is 41.3 Å². The molecule has 4 aliphatic rings. The minimum absolute atomic E-state index is 0.00714. The molecule has 1 atom stereocenters. The van der Waals surface area contributed by atoms with E-state index in [0.717, 1.165) is 43.2 Å². The van der Waals surface area contributed by atoms with Gasteiger partial charge in [-0.15, -0.1) is 0 Å². The van der Waals surface area contributed by atoms with Crippen molar-refractivity contribution in [3.05, 3.63) is 75.5 Å². The van der Waals surface area contributed by atoms with Crippen LogP contribution in [0.4, 0.5) is 26.0 Å². The summed E-state index contributed by atoms with van der Waals surface area (Å²) in [6, 6.07) is 7.93. The van der Waals surface area contributed by atoms with Crippen LogP contribution >= 0.6 is 23.2 Å². The predicted octanol–water partition coefficient (Wildman–Crippen LogP) is 6.13. The number of halogens is 4. The molecule has 4 amide bonds. The van der Waals surface area contributed by atoms with E-state index in [1.165, 1.54) is 24.5 Å². The lowest BCUT2D eigenvalue weighted by Gasteiger charge is -2.39. The number of carbonyl (C=O) groups is 4. The van der Waals surface area contributed by atoms with Crippen LogP contribution in [0.5, 0.6) is 11.5 Å². The number of hydrogen-bond acceptors (Lipinski definition) is 11. The molecule has 2 saturated heterocycles. The second-order valence-corrected chi connectivity index (χ2v) is 15.2. The first kappa shape index (κ1) is 37.8. The van der Waals surface area contributed by atoms with Crippen LogP contribution in [0.25, 0.3) is 10.9 Å². The lowest BCUT2D eigenvalue weighted by atomic mass is 9.87. The number of anilines is 3. The van der Waals surface area contributed by atoms with Crippen molar-refractivity contribution in [1.82, 2.24) is 25.1 Å². The van der Waals surface area contributed by atoms with Gasteiger partial charge in [0.1, 0.15) is 24.0 Å². The first-order valence-electron chi connectivity index (χ1n) is 18.4. The number of piperidine rings is 1. The largest absolute Gasteiger partial charge is 0.493 e. The molecule has 0 bridgehead atoms. The van der Waals surface area contributed by atoms with Crippen LogP contribution in [0.3, 0.4) is 0 Å². The molecule has 56 heavy (non-hydrogen) atoms. The van der Waals surface area contributed by atoms with Crippen LogP contribution in [0, 0.1) is 17.6 Å². The van der Waals surface area contributed by atoms with Gasteiger partial charge in [-0.25, -0.2) is 18.7 Å². The summed E-state index contributed by atoms with van der Waals surface area (Å²) in [5, 5.41) is 5.69. The topological polar surface area (TPSA) is 146 Å². The molecule has 1 aromatic heterocycles. The molecule has 3 aromatic carbocycles. The molecule has 17 heteroatoms. The van der Waals surface area contributed by atoms with E-state index in [1.807, 2.05) is 4.90 Å². The quantitative estimate of drug-likeness (QED) is 0.149. The maximum atomic E-state index is 15.5. The lowest BCUT2D eigenvalue weighted by molar-refractivity contribution is -0.136. The zero-order valence-corrected chi connectivity index (χ0v) is 31.8. The Hall–Kier alpha value is -5.12. The molecule has 292 valence electrons. The maximum Gasteiger partial charge on any atom is 0.262 e. The Morgan fingerprint density at radius 3 is 2.34 bits per heavy atom. The summed E-state index contributed by atoms with van der Waals surface area (Å²) in [5.74, 6) is -2.01. The fourth-order valence-electron chi connectivity index (χ4n) is 8.03. The van der Waals surface area contributed by atoms with Crippen molar-refractivity contribution in [3.8, 4) is 11.5 Å². The molecule has 3 aliphatic heterocycles. The minimum Gasteiger partial charge on any atom is -0.493 e. The predicted molar refractivity (Wildman–Crippen MR) is 204 cm³/mol. The van der Waals surface area contributed by atoms with Crippen LogP contribution in [0.1, 0.15) is 59.2 Å². The van der Waals surface area contributed by atoms with Gasteiger partial charge in [0.2, 0.25) is 11.8 Å². The summed E-state index contributed by atoms with van der Waals surface area (Å²) in [5.41, 5.74) is 0.915. The number of piperazine rings is 1. The third-order valence-electron chi connectivity index (χ3n) is 11.0. The Balaban J connectivity index is 0.864. The van der Waals surface area contributed by atoms with Gasteiger partial charge in [-0.1, -0.05) is 23.2 Å². The normalized spacial score (nSPS) is 21.7. The minimum atomic E-state index is -1.11. The Kier molecular flexibility index (Phi) is 10.4. The molecule has 0 radical (unpaired) electrons. The first-order valence-corrected chi connectivity index (χ1v) is 19.2. The van der Waals surface area contributed by atoms with Gasteiger partial charge in [-0.2, -0.15) is 0 Å². The van der Waals surface area contributed by atoms with Crippen molar-refractivity contribution in [3.63, 3.8) is 0 Å². The smallest absolute Gasteiger partial charge is 0.262 e. The Bertz CT molecular complexity index is 2270. The molecule has 1 unspecified atom stereocenters. The fourth-order valence-corrected chi connectivity index (χ4v) is 8.35. The highest BCUT2D eigenvalue weighted by atomic mass is 35.5. The van der Waals surface area contributed by atoms with Crippen molar-refractivity contribution in [2.24, 2.45) is 5.92 Å². The van der Waals surface area contributed by atoms with Gasteiger partial charge in [0.05, 0.1) is 51.3 Å². The summed E-state index contributed by atoms with van der Waals surface area (Å²) < 4.78 is 42.5. The average Bonchev–Trinajstić information content (AvgIpc) is 3.43. The molecular weight excluding hydrogens is 771 g/mol. The summed E-state index contributed by atoms with van der Waals surface area (Å²) in [7, 11) is 1.56. The highest BCUT2D eigenvalue weighted by molar-refractivity contribution is 6.42. The maximum absolute atomic E-state index is 15.5. The first-order chi connectivity index (χ1) is 27.0. The number of methoxy groups -OCH3 is 1. The third kappa shape index (κ3) is 7.19. The van der Waals surface area contributed by atoms with Crippen LogP contribution in [-0.2, 0) is 9.59 Å². The van der Waals surface area contributed by atoms with E-state index in [4.69, 9.17) is 32.7 Å². The Morgan fingerprint density at radius 1 is 0.893 bits per heavy atom. The molecule has 8 rings (SSSR count). The standard InChI is InChI=1S/C39H37Cl2F2N7O6/c1-55-31-17-28-24(36(45-19-44-28)46-27-7-6-25(40)34(41)35(27)43)16-32(31)56-21-4-2-20(3-5-21)18-48-10-12-49(13-11-48)30-15-23-22(14-26(30)42)38(53)50(39(23)54)29-8-9-33(51)47-37(29)52/h6-7,14-17,19-21,29H,2-5,8-13,18H2,1H3,(H,44,45,46)(H,47,51,52). The van der Waals surface area contributed by atoms with Gasteiger partial charge in [-0.05, 0) is 68.4 Å². The van der Waals surface area contributed by atoms with E-state index in [9.17, 15) is 23.6 Å². The van der Waals surface area contributed by atoms with Crippen molar-refractivity contribution in [2.75, 3.05) is 50.1 Å². The van der Waals surface area contributed by atoms with E-state index in [0.29, 0.717) is 60.3 Å². The SMILES string of the molecule is COc1cc2ncnc(Nc3ccc(Cl)c(Cl)c3F)c2cc1OC1CCC(CN2CCN(c3cc4c(cc3F)C(=O)N(C3CCC(=O)NC3=O)C4=O)CC2)CC1. The fraction of sp³-hybridized carbons (Fsp3) is 0.385. The summed E-state index contributed by atoms with van der Waals surface area (Å²) >= 11 is 12.0. The van der Waals surface area contributed by atoms with Crippen molar-refractivity contribution in [2.45, 2.75) is 50.7 Å². The van der Waals surface area contributed by atoms with Gasteiger partial charge in [-0.3, -0.25) is 34.3 Å². The van der Waals surface area contributed by atoms with Crippen molar-refractivity contribution >= 4 is 74.9 Å². The number of amides is 4. The van der Waals surface area contributed by atoms with Crippen LogP contribution in [0.15, 0.2) is 42.7 Å². The molecule has 4 heterocycles. The number of hydrogen-bond donors (Lipinski definition) is 2. The van der Waals surface area contributed by atoms with E-state index in [2.05, 4.69) is 25.5 Å². The van der Waals surface area contributed by atoms with E-state index in [1.54, 1.807) is 19.2 Å². The van der Waals surface area contributed by atoms with Crippen LogP contribution in [0.2, 0.25) is 10.0 Å². The highest BCUT2D eigenvalue weighted by Crippen LogP contribution is 2.39. The Labute approximate surface area is 330 Å². The van der Waals surface area contributed by atoms with Gasteiger partial charge in [0.25, 0.3) is 11.8 Å². The number of fused-ring (bicyclic) bond motifs is 2. The number of rotatable bonds is 9. The van der Waals surface area contributed by atoms with Crippen LogP contribution < -0.4 is 25.0 Å². The molecule has 4 aromatic rings. The number of nitrogens with one attached hydrogen (secondary N) is 2. The van der Waals surface area contributed by atoms with E-state index in [-0.39, 0.29) is 51.5 Å². The van der Waals surface area contributed by atoms with Crippen molar-refractivity contribution in [1.29, 1.82) is 0 Å². The van der Waals surface area contributed by atoms with Crippen molar-refractivity contribution < 1.29 is 37.4 Å². The summed E-state index contributed by atoms with van der Waals surface area (Å²) in [4.78, 5) is 64.2. The molecule has 1 saturated carbocycles. The molecule has 1 aliphatic carbocycles. The van der Waals surface area contributed by atoms with Gasteiger partial charge in [0, 0.05) is 50.6 Å². The number of nitrogens with zero attached hydrogens (tertiary/aromatic N) is 5.